The van der Waals surface area contributed by atoms with Crippen LogP contribution >= 0.6 is 11.6 Å². The first-order valence-electron chi connectivity index (χ1n) is 5.12. The number of aliphatic hydroxyl groups is 2. The lowest BCUT2D eigenvalue weighted by Crippen LogP contribution is -2.34. The van der Waals surface area contributed by atoms with Gasteiger partial charge in [0.25, 0.3) is 0 Å². The first-order chi connectivity index (χ1) is 8.27. The Hall–Kier alpha value is -0.860. The van der Waals surface area contributed by atoms with Crippen LogP contribution in [0.1, 0.15) is 5.56 Å². The number of aryl methyl sites for hydroxylation is 1. The fourth-order valence-electron chi connectivity index (χ4n) is 1.22. The number of anilines is 1. The first-order valence-corrected chi connectivity index (χ1v) is 6.98. The SMILES string of the molecule is Cc1cc(Cl)c(S(=O)(=O)NCC(O)CO)cc1N. The number of rotatable bonds is 5. The molecule has 0 bridgehead atoms. The van der Waals surface area contributed by atoms with Gasteiger partial charge in [0.2, 0.25) is 10.0 Å². The average molecular weight is 295 g/mol. The minimum absolute atomic E-state index is 0.0488. The van der Waals surface area contributed by atoms with E-state index < -0.39 is 22.7 Å². The van der Waals surface area contributed by atoms with Gasteiger partial charge in [-0.25, -0.2) is 13.1 Å². The van der Waals surface area contributed by atoms with Crippen molar-refractivity contribution in [1.82, 2.24) is 4.72 Å². The van der Waals surface area contributed by atoms with Gasteiger partial charge in [0, 0.05) is 12.2 Å². The van der Waals surface area contributed by atoms with Crippen LogP contribution in [0.15, 0.2) is 17.0 Å². The van der Waals surface area contributed by atoms with Crippen molar-refractivity contribution >= 4 is 27.3 Å². The molecule has 0 saturated heterocycles. The van der Waals surface area contributed by atoms with Crippen LogP contribution < -0.4 is 10.5 Å². The van der Waals surface area contributed by atoms with Crippen molar-refractivity contribution in [3.63, 3.8) is 0 Å². The number of nitrogen functional groups attached to an aromatic ring is 1. The Bertz CT molecular complexity index is 533. The molecule has 0 amide bonds. The quantitative estimate of drug-likeness (QED) is 0.565. The lowest BCUT2D eigenvalue weighted by molar-refractivity contribution is 0.0988. The molecule has 1 aromatic carbocycles. The van der Waals surface area contributed by atoms with Crippen molar-refractivity contribution in [1.29, 1.82) is 0 Å². The molecule has 1 rings (SSSR count). The van der Waals surface area contributed by atoms with Gasteiger partial charge in [0.05, 0.1) is 17.7 Å². The molecule has 0 aliphatic heterocycles. The number of hydrogen-bond donors (Lipinski definition) is 4. The zero-order valence-corrected chi connectivity index (χ0v) is 11.3. The van der Waals surface area contributed by atoms with Crippen molar-refractivity contribution in [3.8, 4) is 0 Å². The average Bonchev–Trinajstić information content (AvgIpc) is 2.30. The molecule has 0 heterocycles. The molecule has 1 aromatic rings. The molecule has 0 radical (unpaired) electrons. The monoisotopic (exact) mass is 294 g/mol. The number of aliphatic hydroxyl groups excluding tert-OH is 2. The third kappa shape index (κ3) is 3.56. The highest BCUT2D eigenvalue weighted by molar-refractivity contribution is 7.89. The van der Waals surface area contributed by atoms with Crippen LogP contribution in [-0.4, -0.2) is 37.9 Å². The molecule has 0 fully saturated rings. The summed E-state index contributed by atoms with van der Waals surface area (Å²) < 4.78 is 25.9. The maximum Gasteiger partial charge on any atom is 0.242 e. The smallest absolute Gasteiger partial charge is 0.242 e. The van der Waals surface area contributed by atoms with E-state index in [-0.39, 0.29) is 16.5 Å². The van der Waals surface area contributed by atoms with Crippen LogP contribution in [0.3, 0.4) is 0 Å². The van der Waals surface area contributed by atoms with E-state index in [2.05, 4.69) is 4.72 Å². The van der Waals surface area contributed by atoms with E-state index >= 15 is 0 Å². The van der Waals surface area contributed by atoms with Gasteiger partial charge in [-0.2, -0.15) is 0 Å². The molecule has 8 heteroatoms. The van der Waals surface area contributed by atoms with E-state index in [9.17, 15) is 8.42 Å². The lowest BCUT2D eigenvalue weighted by Gasteiger charge is -2.12. The first kappa shape index (κ1) is 15.2. The summed E-state index contributed by atoms with van der Waals surface area (Å²) in [6.07, 6.45) is -1.17. The fraction of sp³-hybridized carbons (Fsp3) is 0.400. The Morgan fingerprint density at radius 2 is 2.11 bits per heavy atom. The van der Waals surface area contributed by atoms with Gasteiger partial charge in [0.15, 0.2) is 0 Å². The summed E-state index contributed by atoms with van der Waals surface area (Å²) in [5, 5.41) is 17.8. The summed E-state index contributed by atoms with van der Waals surface area (Å²) in [7, 11) is -3.87. The van der Waals surface area contributed by atoms with Crippen molar-refractivity contribution in [2.24, 2.45) is 0 Å². The molecule has 5 N–H and O–H groups in total. The number of nitrogens with one attached hydrogen (secondary N) is 1. The van der Waals surface area contributed by atoms with Crippen LogP contribution in [-0.2, 0) is 10.0 Å². The second-order valence-corrected chi connectivity index (χ2v) is 5.97. The van der Waals surface area contributed by atoms with Gasteiger partial charge in [-0.05, 0) is 24.6 Å². The second kappa shape index (κ2) is 5.85. The molecule has 18 heavy (non-hydrogen) atoms. The zero-order chi connectivity index (χ0) is 13.9. The van der Waals surface area contributed by atoms with Crippen molar-refractivity contribution < 1.29 is 18.6 Å². The minimum atomic E-state index is -3.87. The van der Waals surface area contributed by atoms with E-state index in [4.69, 9.17) is 27.5 Å². The Morgan fingerprint density at radius 1 is 1.50 bits per heavy atom. The number of hydrogen-bond acceptors (Lipinski definition) is 5. The predicted molar refractivity (Wildman–Crippen MR) is 68.9 cm³/mol. The van der Waals surface area contributed by atoms with Crippen LogP contribution in [0.2, 0.25) is 5.02 Å². The van der Waals surface area contributed by atoms with Crippen LogP contribution in [0.4, 0.5) is 5.69 Å². The van der Waals surface area contributed by atoms with Crippen LogP contribution in [0.5, 0.6) is 0 Å². The number of nitrogens with two attached hydrogens (primary N) is 1. The molecular weight excluding hydrogens is 280 g/mol. The van der Waals surface area contributed by atoms with Gasteiger partial charge in [-0.15, -0.1) is 0 Å². The van der Waals surface area contributed by atoms with Crippen LogP contribution in [0.25, 0.3) is 0 Å². The van der Waals surface area contributed by atoms with E-state index in [1.807, 2.05) is 0 Å². The maximum atomic E-state index is 11.9. The minimum Gasteiger partial charge on any atom is -0.398 e. The van der Waals surface area contributed by atoms with Gasteiger partial charge in [-0.3, -0.25) is 0 Å². The molecule has 102 valence electrons. The highest BCUT2D eigenvalue weighted by atomic mass is 35.5. The molecule has 1 unspecified atom stereocenters. The summed E-state index contributed by atoms with van der Waals surface area (Å²) in [4.78, 5) is -0.155. The summed E-state index contributed by atoms with van der Waals surface area (Å²) >= 11 is 5.85. The Morgan fingerprint density at radius 3 is 2.67 bits per heavy atom. The number of sulfonamides is 1. The Labute approximate surface area is 110 Å². The molecule has 0 aliphatic carbocycles. The third-order valence-corrected chi connectivity index (χ3v) is 4.22. The molecule has 0 aromatic heterocycles. The van der Waals surface area contributed by atoms with Crippen molar-refractivity contribution in [2.45, 2.75) is 17.9 Å². The molecule has 1 atom stereocenters. The van der Waals surface area contributed by atoms with Gasteiger partial charge >= 0.3 is 0 Å². The Kier molecular flexibility index (Phi) is 4.94. The standard InChI is InChI=1S/C10H15ClN2O4S/c1-6-2-8(11)10(3-9(6)12)18(16,17)13-4-7(15)5-14/h2-3,7,13-15H,4-5,12H2,1H3. The van der Waals surface area contributed by atoms with Gasteiger partial charge in [-0.1, -0.05) is 11.6 Å². The number of halogens is 1. The van der Waals surface area contributed by atoms with E-state index in [0.717, 1.165) is 0 Å². The zero-order valence-electron chi connectivity index (χ0n) is 9.72. The topological polar surface area (TPSA) is 113 Å². The van der Waals surface area contributed by atoms with Crippen LogP contribution in [0, 0.1) is 6.92 Å². The molecule has 0 aliphatic rings. The summed E-state index contributed by atoms with van der Waals surface area (Å²) in [6, 6.07) is 2.71. The van der Waals surface area contributed by atoms with E-state index in [1.54, 1.807) is 6.92 Å². The lowest BCUT2D eigenvalue weighted by atomic mass is 10.2. The normalized spacial score (nSPS) is 13.6. The second-order valence-electron chi connectivity index (χ2n) is 3.83. The summed E-state index contributed by atoms with van der Waals surface area (Å²) in [6.45, 7) is 0.871. The predicted octanol–water partition coefficient (Wildman–Crippen LogP) is -0.138. The largest absolute Gasteiger partial charge is 0.398 e. The van der Waals surface area contributed by atoms with Gasteiger partial charge < -0.3 is 15.9 Å². The third-order valence-electron chi connectivity index (χ3n) is 2.33. The molecular formula is C10H15ClN2O4S. The Balaban J connectivity index is 3.02. The van der Waals surface area contributed by atoms with Crippen molar-refractivity contribution in [2.75, 3.05) is 18.9 Å². The maximum absolute atomic E-state index is 11.9. The highest BCUT2D eigenvalue weighted by Gasteiger charge is 2.20. The molecule has 0 spiro atoms. The molecule has 0 saturated carbocycles. The fourth-order valence-corrected chi connectivity index (χ4v) is 2.91. The van der Waals surface area contributed by atoms with E-state index in [0.29, 0.717) is 11.3 Å². The molecule has 6 nitrogen and oxygen atoms in total. The summed E-state index contributed by atoms with van der Waals surface area (Å²) in [5.41, 5.74) is 6.61. The highest BCUT2D eigenvalue weighted by Crippen LogP contribution is 2.26. The van der Waals surface area contributed by atoms with E-state index in [1.165, 1.54) is 12.1 Å². The summed E-state index contributed by atoms with van der Waals surface area (Å²) in [5.74, 6) is 0. The van der Waals surface area contributed by atoms with Crippen molar-refractivity contribution in [3.05, 3.63) is 22.7 Å². The van der Waals surface area contributed by atoms with Gasteiger partial charge in [0.1, 0.15) is 4.90 Å². The number of benzene rings is 1.